The molecular formula is C13H22BClN2O2. The summed E-state index contributed by atoms with van der Waals surface area (Å²) < 4.78 is 0. The van der Waals surface area contributed by atoms with Gasteiger partial charge in [0.2, 0.25) is 0 Å². The highest BCUT2D eigenvalue weighted by Gasteiger charge is 2.13. The van der Waals surface area contributed by atoms with E-state index in [-0.39, 0.29) is 12.4 Å². The van der Waals surface area contributed by atoms with Crippen LogP contribution in [-0.2, 0) is 6.54 Å². The Labute approximate surface area is 121 Å². The predicted octanol–water partition coefficient (Wildman–Crippen LogP) is -0.0743. The molecule has 0 saturated carbocycles. The third-order valence-corrected chi connectivity index (χ3v) is 3.50. The Morgan fingerprint density at radius 1 is 1.05 bits per heavy atom. The lowest BCUT2D eigenvalue weighted by molar-refractivity contribution is 0.269. The monoisotopic (exact) mass is 284 g/mol. The van der Waals surface area contributed by atoms with Crippen LogP contribution in [0.4, 0.5) is 0 Å². The van der Waals surface area contributed by atoms with Crippen molar-refractivity contribution in [2.75, 3.05) is 33.2 Å². The summed E-state index contributed by atoms with van der Waals surface area (Å²) in [6.07, 6.45) is 1.21. The van der Waals surface area contributed by atoms with Crippen LogP contribution in [0.2, 0.25) is 0 Å². The number of rotatable bonds is 3. The van der Waals surface area contributed by atoms with Gasteiger partial charge in [-0.2, -0.15) is 0 Å². The molecule has 4 nitrogen and oxygen atoms in total. The maximum Gasteiger partial charge on any atom is 0.488 e. The van der Waals surface area contributed by atoms with Gasteiger partial charge in [-0.3, -0.25) is 4.90 Å². The van der Waals surface area contributed by atoms with Gasteiger partial charge in [-0.05, 0) is 37.6 Å². The van der Waals surface area contributed by atoms with Crippen molar-refractivity contribution >= 4 is 25.0 Å². The number of hydrogen-bond acceptors (Lipinski definition) is 4. The zero-order valence-corrected chi connectivity index (χ0v) is 12.1. The first-order valence-corrected chi connectivity index (χ1v) is 6.51. The first-order chi connectivity index (χ1) is 8.65. The van der Waals surface area contributed by atoms with Crippen LogP contribution in [0.1, 0.15) is 12.0 Å². The highest BCUT2D eigenvalue weighted by molar-refractivity contribution is 6.58. The highest BCUT2D eigenvalue weighted by atomic mass is 35.5. The van der Waals surface area contributed by atoms with E-state index in [1.807, 2.05) is 12.1 Å². The van der Waals surface area contributed by atoms with Gasteiger partial charge in [0.15, 0.2) is 0 Å². The molecule has 1 aromatic carbocycles. The van der Waals surface area contributed by atoms with Crippen LogP contribution >= 0.6 is 12.4 Å². The first kappa shape index (κ1) is 16.5. The van der Waals surface area contributed by atoms with Crippen molar-refractivity contribution in [2.45, 2.75) is 13.0 Å². The molecule has 19 heavy (non-hydrogen) atoms. The lowest BCUT2D eigenvalue weighted by Gasteiger charge is -2.20. The Morgan fingerprint density at radius 3 is 2.37 bits per heavy atom. The van der Waals surface area contributed by atoms with E-state index in [1.165, 1.54) is 18.5 Å². The lowest BCUT2D eigenvalue weighted by Crippen LogP contribution is -2.30. The summed E-state index contributed by atoms with van der Waals surface area (Å²) in [4.78, 5) is 4.82. The van der Waals surface area contributed by atoms with Gasteiger partial charge in [0.05, 0.1) is 0 Å². The molecule has 0 aliphatic carbocycles. The Balaban J connectivity index is 0.00000180. The summed E-state index contributed by atoms with van der Waals surface area (Å²) in [5, 5.41) is 18.1. The second-order valence-electron chi connectivity index (χ2n) is 5.05. The SMILES string of the molecule is CN1CCCN(Cc2ccc(B(O)O)cc2)CC1.Cl. The van der Waals surface area contributed by atoms with Gasteiger partial charge < -0.3 is 14.9 Å². The third-order valence-electron chi connectivity index (χ3n) is 3.50. The number of halogens is 1. The summed E-state index contributed by atoms with van der Waals surface area (Å²) in [6, 6.07) is 7.51. The van der Waals surface area contributed by atoms with E-state index in [4.69, 9.17) is 10.0 Å². The van der Waals surface area contributed by atoms with E-state index in [0.29, 0.717) is 5.46 Å². The number of nitrogens with zero attached hydrogens (tertiary/aromatic N) is 2. The largest absolute Gasteiger partial charge is 0.488 e. The van der Waals surface area contributed by atoms with Gasteiger partial charge in [-0.15, -0.1) is 12.4 Å². The topological polar surface area (TPSA) is 46.9 Å². The fourth-order valence-electron chi connectivity index (χ4n) is 2.31. The van der Waals surface area contributed by atoms with Crippen molar-refractivity contribution in [1.29, 1.82) is 0 Å². The molecule has 1 fully saturated rings. The molecule has 1 aromatic rings. The normalized spacial score (nSPS) is 17.6. The summed E-state index contributed by atoms with van der Waals surface area (Å²) in [7, 11) is 0.798. The van der Waals surface area contributed by atoms with Crippen molar-refractivity contribution in [3.05, 3.63) is 29.8 Å². The standard InChI is InChI=1S/C13H21BN2O2.ClH/c1-15-7-2-8-16(10-9-15)11-12-3-5-13(6-4-12)14(17)18;/h3-6,17-18H,2,7-11H2,1H3;1H. The van der Waals surface area contributed by atoms with Gasteiger partial charge >= 0.3 is 7.12 Å². The fraction of sp³-hybridized carbons (Fsp3) is 0.538. The molecule has 0 unspecified atom stereocenters. The van der Waals surface area contributed by atoms with Gasteiger partial charge in [0.25, 0.3) is 0 Å². The second kappa shape index (κ2) is 7.87. The molecule has 0 radical (unpaired) electrons. The summed E-state index contributed by atoms with van der Waals surface area (Å²) >= 11 is 0. The summed E-state index contributed by atoms with van der Waals surface area (Å²) in [6.45, 7) is 5.46. The van der Waals surface area contributed by atoms with Crippen LogP contribution in [0, 0.1) is 0 Å². The maximum absolute atomic E-state index is 9.04. The minimum absolute atomic E-state index is 0. The fourth-order valence-corrected chi connectivity index (χ4v) is 2.31. The van der Waals surface area contributed by atoms with Crippen LogP contribution in [0.15, 0.2) is 24.3 Å². The van der Waals surface area contributed by atoms with Crippen molar-refractivity contribution in [3.63, 3.8) is 0 Å². The van der Waals surface area contributed by atoms with Crippen LogP contribution in [0.3, 0.4) is 0 Å². The van der Waals surface area contributed by atoms with Crippen LogP contribution < -0.4 is 5.46 Å². The molecule has 6 heteroatoms. The van der Waals surface area contributed by atoms with E-state index in [9.17, 15) is 0 Å². The smallest absolute Gasteiger partial charge is 0.423 e. The van der Waals surface area contributed by atoms with Crippen molar-refractivity contribution in [1.82, 2.24) is 9.80 Å². The Bertz CT molecular complexity index is 375. The van der Waals surface area contributed by atoms with Crippen molar-refractivity contribution in [2.24, 2.45) is 0 Å². The van der Waals surface area contributed by atoms with E-state index in [2.05, 4.69) is 16.8 Å². The van der Waals surface area contributed by atoms with E-state index >= 15 is 0 Å². The van der Waals surface area contributed by atoms with E-state index in [1.54, 1.807) is 12.1 Å². The Morgan fingerprint density at radius 2 is 1.74 bits per heavy atom. The van der Waals surface area contributed by atoms with Crippen molar-refractivity contribution in [3.8, 4) is 0 Å². The maximum atomic E-state index is 9.04. The molecule has 2 N–H and O–H groups in total. The van der Waals surface area contributed by atoms with Crippen LogP contribution in [-0.4, -0.2) is 60.2 Å². The summed E-state index contributed by atoms with van der Waals surface area (Å²) in [5.41, 5.74) is 1.78. The molecular weight excluding hydrogens is 262 g/mol. The van der Waals surface area contributed by atoms with Crippen LogP contribution in [0.25, 0.3) is 0 Å². The molecule has 0 amide bonds. The van der Waals surface area contributed by atoms with Gasteiger partial charge in [-0.25, -0.2) is 0 Å². The lowest BCUT2D eigenvalue weighted by atomic mass is 9.80. The molecule has 0 aromatic heterocycles. The van der Waals surface area contributed by atoms with Gasteiger partial charge in [-0.1, -0.05) is 24.3 Å². The number of benzene rings is 1. The van der Waals surface area contributed by atoms with E-state index < -0.39 is 7.12 Å². The molecule has 0 atom stereocenters. The molecule has 1 saturated heterocycles. The zero-order chi connectivity index (χ0) is 13.0. The zero-order valence-electron chi connectivity index (χ0n) is 11.3. The quantitative estimate of drug-likeness (QED) is 0.763. The van der Waals surface area contributed by atoms with Gasteiger partial charge in [0, 0.05) is 19.6 Å². The van der Waals surface area contributed by atoms with Gasteiger partial charge in [0.1, 0.15) is 0 Å². The van der Waals surface area contributed by atoms with Crippen molar-refractivity contribution < 1.29 is 10.0 Å². The highest BCUT2D eigenvalue weighted by Crippen LogP contribution is 2.07. The molecule has 106 valence electrons. The third kappa shape index (κ3) is 5.13. The van der Waals surface area contributed by atoms with Crippen LogP contribution in [0.5, 0.6) is 0 Å². The minimum atomic E-state index is -1.37. The summed E-state index contributed by atoms with van der Waals surface area (Å²) in [5.74, 6) is 0. The number of likely N-dealkylation sites (N-methyl/N-ethyl adjacent to an activating group) is 1. The molecule has 0 bridgehead atoms. The second-order valence-corrected chi connectivity index (χ2v) is 5.05. The average Bonchev–Trinajstić information content (AvgIpc) is 2.55. The average molecular weight is 285 g/mol. The predicted molar refractivity (Wildman–Crippen MR) is 80.9 cm³/mol. The first-order valence-electron chi connectivity index (χ1n) is 6.51. The molecule has 1 heterocycles. The Hall–Kier alpha value is -0.585. The Kier molecular flexibility index (Phi) is 6.82. The molecule has 2 rings (SSSR count). The van der Waals surface area contributed by atoms with E-state index in [0.717, 1.165) is 26.2 Å². The molecule has 1 aliphatic heterocycles. The number of hydrogen-bond donors (Lipinski definition) is 2. The molecule has 1 aliphatic rings. The molecule has 0 spiro atoms. The minimum Gasteiger partial charge on any atom is -0.423 e.